The molecule has 0 saturated carbocycles. The largest absolute Gasteiger partial charge is 0.466 e. The van der Waals surface area contributed by atoms with Gasteiger partial charge in [0.05, 0.1) is 17.1 Å². The van der Waals surface area contributed by atoms with Crippen LogP contribution < -0.4 is 0 Å². The SMILES string of the molecule is CCOC(=O)CC1(C)SCCCS1. The van der Waals surface area contributed by atoms with Gasteiger partial charge in [0.15, 0.2) is 0 Å². The molecule has 0 aromatic heterocycles. The first-order valence-electron chi connectivity index (χ1n) is 4.60. The van der Waals surface area contributed by atoms with E-state index in [1.165, 1.54) is 17.9 Å². The zero-order chi connectivity index (χ0) is 9.73. The van der Waals surface area contributed by atoms with Crippen molar-refractivity contribution in [1.29, 1.82) is 0 Å². The van der Waals surface area contributed by atoms with E-state index in [0.29, 0.717) is 13.0 Å². The molecular weight excluding hydrogens is 204 g/mol. The molecule has 1 aliphatic rings. The van der Waals surface area contributed by atoms with E-state index in [1.54, 1.807) is 0 Å². The quantitative estimate of drug-likeness (QED) is 0.683. The lowest BCUT2D eigenvalue weighted by Crippen LogP contribution is -2.25. The van der Waals surface area contributed by atoms with Crippen molar-refractivity contribution in [2.45, 2.75) is 30.8 Å². The first kappa shape index (κ1) is 11.2. The molecule has 0 radical (unpaired) electrons. The van der Waals surface area contributed by atoms with E-state index in [0.717, 1.165) is 0 Å². The fraction of sp³-hybridized carbons (Fsp3) is 0.889. The monoisotopic (exact) mass is 220 g/mol. The van der Waals surface area contributed by atoms with E-state index in [9.17, 15) is 4.79 Å². The Morgan fingerprint density at radius 1 is 1.46 bits per heavy atom. The fourth-order valence-electron chi connectivity index (χ4n) is 1.25. The van der Waals surface area contributed by atoms with E-state index < -0.39 is 0 Å². The zero-order valence-corrected chi connectivity index (χ0v) is 9.80. The Morgan fingerprint density at radius 2 is 2.08 bits per heavy atom. The van der Waals surface area contributed by atoms with Gasteiger partial charge in [0.1, 0.15) is 0 Å². The molecule has 0 unspecified atom stereocenters. The molecule has 0 aromatic carbocycles. The van der Waals surface area contributed by atoms with Crippen molar-refractivity contribution >= 4 is 29.5 Å². The average Bonchev–Trinajstić information content (AvgIpc) is 2.04. The van der Waals surface area contributed by atoms with Gasteiger partial charge in [0.2, 0.25) is 0 Å². The van der Waals surface area contributed by atoms with Crippen LogP contribution in [0.3, 0.4) is 0 Å². The van der Waals surface area contributed by atoms with Crippen molar-refractivity contribution in [3.05, 3.63) is 0 Å². The lowest BCUT2D eigenvalue weighted by atomic mass is 10.3. The lowest BCUT2D eigenvalue weighted by Gasteiger charge is -2.31. The Labute approximate surface area is 88.2 Å². The fourth-order valence-corrected chi connectivity index (χ4v) is 4.15. The smallest absolute Gasteiger partial charge is 0.308 e. The van der Waals surface area contributed by atoms with Gasteiger partial charge in [-0.15, -0.1) is 23.5 Å². The van der Waals surface area contributed by atoms with Gasteiger partial charge in [-0.2, -0.15) is 0 Å². The van der Waals surface area contributed by atoms with E-state index in [2.05, 4.69) is 6.92 Å². The molecule has 1 fully saturated rings. The molecule has 1 heterocycles. The first-order valence-corrected chi connectivity index (χ1v) is 6.57. The van der Waals surface area contributed by atoms with E-state index in [-0.39, 0.29) is 10.0 Å². The topological polar surface area (TPSA) is 26.3 Å². The van der Waals surface area contributed by atoms with Gasteiger partial charge in [-0.25, -0.2) is 0 Å². The average molecular weight is 220 g/mol. The summed E-state index contributed by atoms with van der Waals surface area (Å²) in [4.78, 5) is 11.3. The molecule has 0 aliphatic carbocycles. The van der Waals surface area contributed by atoms with Crippen LogP contribution in [0.5, 0.6) is 0 Å². The minimum absolute atomic E-state index is 0.0600. The van der Waals surface area contributed by atoms with Gasteiger partial charge in [0, 0.05) is 0 Å². The second kappa shape index (κ2) is 5.15. The van der Waals surface area contributed by atoms with Crippen molar-refractivity contribution in [3.8, 4) is 0 Å². The van der Waals surface area contributed by atoms with Crippen LogP contribution in [0, 0.1) is 0 Å². The molecule has 0 bridgehead atoms. The summed E-state index contributed by atoms with van der Waals surface area (Å²) >= 11 is 3.76. The molecule has 4 heteroatoms. The Kier molecular flexibility index (Phi) is 4.46. The van der Waals surface area contributed by atoms with Crippen molar-refractivity contribution in [2.75, 3.05) is 18.1 Å². The highest BCUT2D eigenvalue weighted by molar-refractivity contribution is 8.18. The van der Waals surface area contributed by atoms with Crippen LogP contribution >= 0.6 is 23.5 Å². The van der Waals surface area contributed by atoms with Crippen LogP contribution in [0.2, 0.25) is 0 Å². The molecule has 0 aromatic rings. The standard InChI is InChI=1S/C9H16O2S2/c1-3-11-8(10)7-9(2)12-5-4-6-13-9/h3-7H2,1-2H3. The Bertz CT molecular complexity index is 176. The third-order valence-corrected chi connectivity index (χ3v) is 5.08. The van der Waals surface area contributed by atoms with Gasteiger partial charge in [-0.3, -0.25) is 4.79 Å². The zero-order valence-electron chi connectivity index (χ0n) is 8.17. The molecule has 2 nitrogen and oxygen atoms in total. The normalized spacial score (nSPS) is 21.1. The van der Waals surface area contributed by atoms with Crippen LogP contribution in [0.15, 0.2) is 0 Å². The van der Waals surface area contributed by atoms with Crippen molar-refractivity contribution in [2.24, 2.45) is 0 Å². The molecule has 1 aliphatic heterocycles. The maximum atomic E-state index is 11.3. The van der Waals surface area contributed by atoms with Crippen LogP contribution in [0.25, 0.3) is 0 Å². The molecular formula is C9H16O2S2. The minimum Gasteiger partial charge on any atom is -0.466 e. The summed E-state index contributed by atoms with van der Waals surface area (Å²) in [7, 11) is 0. The summed E-state index contributed by atoms with van der Waals surface area (Å²) in [6, 6.07) is 0. The number of carbonyl (C=O) groups is 1. The van der Waals surface area contributed by atoms with Gasteiger partial charge in [-0.1, -0.05) is 0 Å². The highest BCUT2D eigenvalue weighted by Gasteiger charge is 2.31. The number of esters is 1. The van der Waals surface area contributed by atoms with Crippen LogP contribution in [-0.2, 0) is 9.53 Å². The van der Waals surface area contributed by atoms with Crippen molar-refractivity contribution in [3.63, 3.8) is 0 Å². The molecule has 0 N–H and O–H groups in total. The second-order valence-corrected chi connectivity index (χ2v) is 6.62. The first-order chi connectivity index (χ1) is 6.16. The summed E-state index contributed by atoms with van der Waals surface area (Å²) < 4.78 is 5.00. The maximum Gasteiger partial charge on any atom is 0.308 e. The van der Waals surface area contributed by atoms with Crippen LogP contribution in [0.4, 0.5) is 0 Å². The number of rotatable bonds is 3. The number of hydrogen-bond donors (Lipinski definition) is 0. The number of thioether (sulfide) groups is 2. The van der Waals surface area contributed by atoms with Gasteiger partial charge < -0.3 is 4.74 Å². The van der Waals surface area contributed by atoms with Crippen LogP contribution in [0.1, 0.15) is 26.7 Å². The number of ether oxygens (including phenoxy) is 1. The van der Waals surface area contributed by atoms with Crippen molar-refractivity contribution in [1.82, 2.24) is 0 Å². The molecule has 1 saturated heterocycles. The molecule has 1 rings (SSSR count). The van der Waals surface area contributed by atoms with Gasteiger partial charge in [-0.05, 0) is 31.8 Å². The minimum atomic E-state index is -0.0631. The van der Waals surface area contributed by atoms with E-state index >= 15 is 0 Å². The second-order valence-electron chi connectivity index (χ2n) is 3.17. The summed E-state index contributed by atoms with van der Waals surface area (Å²) in [6.07, 6.45) is 1.80. The molecule has 13 heavy (non-hydrogen) atoms. The summed E-state index contributed by atoms with van der Waals surface area (Å²) in [5, 5.41) is 0. The van der Waals surface area contributed by atoms with E-state index in [1.807, 2.05) is 30.4 Å². The van der Waals surface area contributed by atoms with Crippen molar-refractivity contribution < 1.29 is 9.53 Å². The number of carbonyl (C=O) groups excluding carboxylic acids is 1. The van der Waals surface area contributed by atoms with Gasteiger partial charge >= 0.3 is 5.97 Å². The Hall–Kier alpha value is 0.170. The lowest BCUT2D eigenvalue weighted by molar-refractivity contribution is -0.143. The molecule has 0 amide bonds. The summed E-state index contributed by atoms with van der Waals surface area (Å²) in [6.45, 7) is 4.48. The van der Waals surface area contributed by atoms with Crippen LogP contribution in [-0.4, -0.2) is 28.2 Å². The molecule has 0 spiro atoms. The summed E-state index contributed by atoms with van der Waals surface area (Å²) in [5.74, 6) is 2.28. The molecule has 0 atom stereocenters. The highest BCUT2D eigenvalue weighted by Crippen LogP contribution is 2.44. The highest BCUT2D eigenvalue weighted by atomic mass is 32.2. The maximum absolute atomic E-state index is 11.3. The third-order valence-electron chi connectivity index (χ3n) is 1.87. The summed E-state index contributed by atoms with van der Waals surface area (Å²) in [5.41, 5.74) is 0. The van der Waals surface area contributed by atoms with E-state index in [4.69, 9.17) is 4.74 Å². The molecule has 76 valence electrons. The Balaban J connectivity index is 2.36. The Morgan fingerprint density at radius 3 is 2.62 bits per heavy atom. The number of hydrogen-bond acceptors (Lipinski definition) is 4. The third kappa shape index (κ3) is 3.81. The predicted octanol–water partition coefficient (Wildman–Crippen LogP) is 2.53. The van der Waals surface area contributed by atoms with Gasteiger partial charge in [0.25, 0.3) is 0 Å². The predicted molar refractivity (Wildman–Crippen MR) is 59.2 cm³/mol.